The molecule has 3 rings (SSSR count). The van der Waals surface area contributed by atoms with Gasteiger partial charge in [0.2, 0.25) is 0 Å². The molecule has 0 saturated heterocycles. The molecule has 1 aromatic heterocycles. The van der Waals surface area contributed by atoms with Crippen LogP contribution in [0.1, 0.15) is 18.2 Å². The maximum atomic E-state index is 12.6. The second kappa shape index (κ2) is 8.40. The van der Waals surface area contributed by atoms with Crippen molar-refractivity contribution in [1.82, 2.24) is 9.78 Å². The molecule has 0 fully saturated rings. The fraction of sp³-hybridized carbons (Fsp3) is 0.238. The van der Waals surface area contributed by atoms with Gasteiger partial charge in [-0.3, -0.25) is 4.79 Å². The second-order valence-electron chi connectivity index (χ2n) is 6.24. The zero-order valence-electron chi connectivity index (χ0n) is 15.7. The number of hydrogen-bond donors (Lipinski definition) is 1. The highest BCUT2D eigenvalue weighted by atomic mass is 16.5. The van der Waals surface area contributed by atoms with Crippen molar-refractivity contribution < 1.29 is 14.3 Å². The third kappa shape index (κ3) is 4.88. The summed E-state index contributed by atoms with van der Waals surface area (Å²) in [7, 11) is 1.59. The molecule has 1 unspecified atom stereocenters. The Hall–Kier alpha value is -3.28. The molecule has 6 nitrogen and oxygen atoms in total. The lowest BCUT2D eigenvalue weighted by molar-refractivity contribution is -0.122. The molecule has 0 spiro atoms. The average molecular weight is 365 g/mol. The lowest BCUT2D eigenvalue weighted by atomic mass is 10.2. The van der Waals surface area contributed by atoms with Crippen LogP contribution in [0.5, 0.6) is 11.5 Å². The van der Waals surface area contributed by atoms with E-state index in [-0.39, 0.29) is 5.91 Å². The molecule has 3 aromatic rings. The summed E-state index contributed by atoms with van der Waals surface area (Å²) in [5.74, 6) is 1.65. The molecule has 1 N–H and O–H groups in total. The molecule has 1 heterocycles. The highest BCUT2D eigenvalue weighted by molar-refractivity contribution is 5.93. The summed E-state index contributed by atoms with van der Waals surface area (Å²) in [6.07, 6.45) is -0.669. The number of anilines is 1. The Kier molecular flexibility index (Phi) is 5.76. The number of ether oxygens (including phenoxy) is 2. The van der Waals surface area contributed by atoms with Gasteiger partial charge in [-0.1, -0.05) is 36.4 Å². The number of aryl methyl sites for hydroxylation is 1. The van der Waals surface area contributed by atoms with Gasteiger partial charge in [0, 0.05) is 12.1 Å². The summed E-state index contributed by atoms with van der Waals surface area (Å²) in [6, 6.07) is 19.0. The molecule has 0 saturated carbocycles. The number of amides is 1. The van der Waals surface area contributed by atoms with Crippen molar-refractivity contribution in [1.29, 1.82) is 0 Å². The van der Waals surface area contributed by atoms with Crippen LogP contribution >= 0.6 is 0 Å². The normalized spacial score (nSPS) is 11.7. The van der Waals surface area contributed by atoms with Gasteiger partial charge in [-0.2, -0.15) is 5.10 Å². The number of methoxy groups -OCH3 is 1. The van der Waals surface area contributed by atoms with Gasteiger partial charge in [0.15, 0.2) is 6.10 Å². The smallest absolute Gasteiger partial charge is 0.266 e. The fourth-order valence-corrected chi connectivity index (χ4v) is 2.68. The number of hydrogen-bond acceptors (Lipinski definition) is 4. The maximum absolute atomic E-state index is 12.6. The van der Waals surface area contributed by atoms with E-state index in [0.717, 1.165) is 11.3 Å². The van der Waals surface area contributed by atoms with Gasteiger partial charge in [0.05, 0.1) is 19.3 Å². The highest BCUT2D eigenvalue weighted by Crippen LogP contribution is 2.20. The monoisotopic (exact) mass is 365 g/mol. The van der Waals surface area contributed by atoms with Crippen LogP contribution in [0.4, 0.5) is 5.82 Å². The van der Waals surface area contributed by atoms with Crippen molar-refractivity contribution in [3.8, 4) is 11.5 Å². The van der Waals surface area contributed by atoms with Gasteiger partial charge in [0.25, 0.3) is 5.91 Å². The quantitative estimate of drug-likeness (QED) is 0.694. The zero-order chi connectivity index (χ0) is 19.2. The minimum Gasteiger partial charge on any atom is -0.497 e. The summed E-state index contributed by atoms with van der Waals surface area (Å²) >= 11 is 0. The number of nitrogens with zero attached hydrogens (tertiary/aromatic N) is 2. The molecule has 0 bridgehead atoms. The number of benzene rings is 2. The van der Waals surface area contributed by atoms with Gasteiger partial charge in [-0.05, 0) is 31.5 Å². The van der Waals surface area contributed by atoms with Crippen LogP contribution in [0.25, 0.3) is 0 Å². The zero-order valence-corrected chi connectivity index (χ0v) is 15.7. The van der Waals surface area contributed by atoms with E-state index in [4.69, 9.17) is 9.47 Å². The molecule has 0 radical (unpaired) electrons. The van der Waals surface area contributed by atoms with Crippen LogP contribution in [0.3, 0.4) is 0 Å². The number of rotatable bonds is 7. The van der Waals surface area contributed by atoms with E-state index in [0.29, 0.717) is 23.9 Å². The van der Waals surface area contributed by atoms with Crippen LogP contribution in [0.2, 0.25) is 0 Å². The Morgan fingerprint density at radius 1 is 1.11 bits per heavy atom. The Bertz CT molecular complexity index is 906. The Balaban J connectivity index is 1.68. The van der Waals surface area contributed by atoms with Crippen LogP contribution in [-0.4, -0.2) is 28.9 Å². The lowest BCUT2D eigenvalue weighted by Crippen LogP contribution is -2.31. The van der Waals surface area contributed by atoms with Crippen LogP contribution in [0.15, 0.2) is 60.7 Å². The molecule has 2 aromatic carbocycles. The molecule has 27 heavy (non-hydrogen) atoms. The van der Waals surface area contributed by atoms with Gasteiger partial charge < -0.3 is 14.8 Å². The van der Waals surface area contributed by atoms with E-state index < -0.39 is 6.10 Å². The van der Waals surface area contributed by atoms with E-state index in [9.17, 15) is 4.79 Å². The van der Waals surface area contributed by atoms with Crippen LogP contribution < -0.4 is 14.8 Å². The molecule has 0 aliphatic rings. The van der Waals surface area contributed by atoms with E-state index in [1.165, 1.54) is 0 Å². The first-order chi connectivity index (χ1) is 13.0. The van der Waals surface area contributed by atoms with E-state index in [2.05, 4.69) is 10.4 Å². The van der Waals surface area contributed by atoms with Crippen LogP contribution in [-0.2, 0) is 11.3 Å². The second-order valence-corrected chi connectivity index (χ2v) is 6.24. The number of aromatic nitrogens is 2. The van der Waals surface area contributed by atoms with Crippen molar-refractivity contribution in [2.75, 3.05) is 12.4 Å². The van der Waals surface area contributed by atoms with Crippen LogP contribution in [0, 0.1) is 6.92 Å². The van der Waals surface area contributed by atoms with Gasteiger partial charge in [0.1, 0.15) is 17.3 Å². The van der Waals surface area contributed by atoms with E-state index in [1.807, 2.05) is 55.5 Å². The van der Waals surface area contributed by atoms with Gasteiger partial charge in [-0.15, -0.1) is 0 Å². The molecule has 1 amide bonds. The topological polar surface area (TPSA) is 65.4 Å². The summed E-state index contributed by atoms with van der Waals surface area (Å²) in [6.45, 7) is 4.18. The molecular formula is C21H23N3O3. The average Bonchev–Trinajstić information content (AvgIpc) is 3.01. The minimum atomic E-state index is -0.669. The largest absolute Gasteiger partial charge is 0.497 e. The predicted molar refractivity (Wildman–Crippen MR) is 104 cm³/mol. The van der Waals surface area contributed by atoms with Crippen molar-refractivity contribution in [3.63, 3.8) is 0 Å². The van der Waals surface area contributed by atoms with Crippen molar-refractivity contribution in [2.24, 2.45) is 0 Å². The fourth-order valence-electron chi connectivity index (χ4n) is 2.68. The van der Waals surface area contributed by atoms with Crippen molar-refractivity contribution in [2.45, 2.75) is 26.5 Å². The third-order valence-electron chi connectivity index (χ3n) is 4.05. The van der Waals surface area contributed by atoms with Crippen molar-refractivity contribution in [3.05, 3.63) is 71.9 Å². The number of carbonyl (C=O) groups is 1. The first-order valence-electron chi connectivity index (χ1n) is 8.75. The molecule has 6 heteroatoms. The summed E-state index contributed by atoms with van der Waals surface area (Å²) in [4.78, 5) is 12.6. The SMILES string of the molecule is COc1cccc(OC(C)C(=O)Nc2cc(C)nn2Cc2ccccc2)c1. The van der Waals surface area contributed by atoms with Gasteiger partial charge >= 0.3 is 0 Å². The third-order valence-corrected chi connectivity index (χ3v) is 4.05. The Labute approximate surface area is 158 Å². The Morgan fingerprint density at radius 2 is 1.85 bits per heavy atom. The highest BCUT2D eigenvalue weighted by Gasteiger charge is 2.18. The van der Waals surface area contributed by atoms with E-state index in [1.54, 1.807) is 30.8 Å². The standard InChI is InChI=1S/C21H23N3O3/c1-15-12-20(24(23-15)14-17-8-5-4-6-9-17)22-21(25)16(2)27-19-11-7-10-18(13-19)26-3/h4-13,16H,14H2,1-3H3,(H,22,25). The first kappa shape index (κ1) is 18.5. The molecule has 140 valence electrons. The maximum Gasteiger partial charge on any atom is 0.266 e. The van der Waals surface area contributed by atoms with Gasteiger partial charge in [-0.25, -0.2) is 4.68 Å². The molecule has 1 atom stereocenters. The summed E-state index contributed by atoms with van der Waals surface area (Å²) in [5, 5.41) is 7.38. The lowest BCUT2D eigenvalue weighted by Gasteiger charge is -2.16. The first-order valence-corrected chi connectivity index (χ1v) is 8.75. The Morgan fingerprint density at radius 3 is 2.59 bits per heavy atom. The minimum absolute atomic E-state index is 0.243. The number of carbonyl (C=O) groups excluding carboxylic acids is 1. The molecule has 0 aliphatic heterocycles. The van der Waals surface area contributed by atoms with Crippen molar-refractivity contribution >= 4 is 11.7 Å². The van der Waals surface area contributed by atoms with E-state index >= 15 is 0 Å². The molecular weight excluding hydrogens is 342 g/mol. The number of nitrogens with one attached hydrogen (secondary N) is 1. The predicted octanol–water partition coefficient (Wildman–Crippen LogP) is 3.65. The molecule has 0 aliphatic carbocycles. The summed E-state index contributed by atoms with van der Waals surface area (Å²) < 4.78 is 12.7. The summed E-state index contributed by atoms with van der Waals surface area (Å²) in [5.41, 5.74) is 1.94.